The molecule has 0 bridgehead atoms. The van der Waals surface area contributed by atoms with Crippen LogP contribution in [0.25, 0.3) is 11.4 Å². The van der Waals surface area contributed by atoms with Crippen LogP contribution in [0.4, 0.5) is 14.5 Å². The molecule has 2 N–H and O–H groups in total. The van der Waals surface area contributed by atoms with Crippen molar-refractivity contribution < 1.29 is 18.3 Å². The zero-order valence-electron chi connectivity index (χ0n) is 13.9. The number of nitrogens with one attached hydrogen (secondary N) is 2. The van der Waals surface area contributed by atoms with Crippen molar-refractivity contribution in [3.63, 3.8) is 0 Å². The monoisotopic (exact) mass is 410 g/mol. The van der Waals surface area contributed by atoms with Crippen LogP contribution in [0, 0.1) is 11.6 Å². The van der Waals surface area contributed by atoms with Gasteiger partial charge in [-0.15, -0.1) is 5.10 Å². The topological polar surface area (TPSA) is 79.9 Å². The average Bonchev–Trinajstić information content (AvgIpc) is 3.12. The number of anilines is 1. The van der Waals surface area contributed by atoms with Crippen molar-refractivity contribution in [2.24, 2.45) is 0 Å². The van der Waals surface area contributed by atoms with Gasteiger partial charge in [0.05, 0.1) is 18.4 Å². The number of H-pyrrole nitrogens is 1. The van der Waals surface area contributed by atoms with E-state index in [2.05, 4.69) is 20.5 Å². The number of amides is 1. The molecule has 0 atom stereocenters. The van der Waals surface area contributed by atoms with Crippen LogP contribution in [0.3, 0.4) is 0 Å². The van der Waals surface area contributed by atoms with Crippen molar-refractivity contribution in [3.8, 4) is 17.1 Å². The van der Waals surface area contributed by atoms with Crippen molar-refractivity contribution in [3.05, 3.63) is 53.1 Å². The molecule has 3 rings (SSSR count). The van der Waals surface area contributed by atoms with Crippen LogP contribution in [0.5, 0.6) is 5.75 Å². The second-order valence-electron chi connectivity index (χ2n) is 5.28. The Hall–Kier alpha value is -2.65. The number of ether oxygens (including phenoxy) is 1. The number of nitrogens with zero attached hydrogens (tertiary/aromatic N) is 2. The lowest BCUT2D eigenvalue weighted by molar-refractivity contribution is -0.113. The second-order valence-corrected chi connectivity index (χ2v) is 6.66. The lowest BCUT2D eigenvalue weighted by Crippen LogP contribution is -2.14. The van der Waals surface area contributed by atoms with Gasteiger partial charge in [0, 0.05) is 16.8 Å². The zero-order valence-corrected chi connectivity index (χ0v) is 15.5. The molecule has 27 heavy (non-hydrogen) atoms. The fourth-order valence-corrected chi connectivity index (χ4v) is 2.97. The van der Waals surface area contributed by atoms with Crippen molar-refractivity contribution in [1.29, 1.82) is 0 Å². The molecule has 10 heteroatoms. The van der Waals surface area contributed by atoms with E-state index in [0.717, 1.165) is 23.9 Å². The number of benzene rings is 2. The predicted octanol–water partition coefficient (Wildman–Crippen LogP) is 4.14. The molecule has 0 saturated carbocycles. The number of hydrogen-bond acceptors (Lipinski definition) is 5. The Morgan fingerprint density at radius 2 is 2.07 bits per heavy atom. The van der Waals surface area contributed by atoms with Crippen LogP contribution in [0.2, 0.25) is 5.02 Å². The van der Waals surface area contributed by atoms with Gasteiger partial charge in [-0.3, -0.25) is 9.89 Å². The van der Waals surface area contributed by atoms with Crippen LogP contribution in [-0.2, 0) is 4.79 Å². The molecular weight excluding hydrogens is 398 g/mol. The van der Waals surface area contributed by atoms with Gasteiger partial charge in [-0.2, -0.15) is 0 Å². The van der Waals surface area contributed by atoms with Gasteiger partial charge in [-0.25, -0.2) is 13.8 Å². The number of carbonyl (C=O) groups is 1. The molecule has 0 unspecified atom stereocenters. The third-order valence-corrected chi connectivity index (χ3v) is 4.50. The van der Waals surface area contributed by atoms with Crippen LogP contribution < -0.4 is 10.1 Å². The smallest absolute Gasteiger partial charge is 0.234 e. The highest BCUT2D eigenvalue weighted by atomic mass is 35.5. The Morgan fingerprint density at radius 1 is 1.26 bits per heavy atom. The van der Waals surface area contributed by atoms with E-state index in [9.17, 15) is 13.6 Å². The summed E-state index contributed by atoms with van der Waals surface area (Å²) in [6.45, 7) is 0. The number of methoxy groups -OCH3 is 1. The Balaban J connectivity index is 1.63. The van der Waals surface area contributed by atoms with Gasteiger partial charge >= 0.3 is 0 Å². The summed E-state index contributed by atoms with van der Waals surface area (Å²) in [5.74, 6) is -1.41. The van der Waals surface area contributed by atoms with Gasteiger partial charge in [-0.05, 0) is 30.3 Å². The fraction of sp³-hybridized carbons (Fsp3) is 0.118. The van der Waals surface area contributed by atoms with Crippen LogP contribution >= 0.6 is 23.4 Å². The summed E-state index contributed by atoms with van der Waals surface area (Å²) in [5, 5.41) is 10.1. The quantitative estimate of drug-likeness (QED) is 0.597. The van der Waals surface area contributed by atoms with Gasteiger partial charge in [0.2, 0.25) is 11.1 Å². The first kappa shape index (κ1) is 19.1. The molecule has 140 valence electrons. The average molecular weight is 411 g/mol. The number of halogens is 3. The van der Waals surface area contributed by atoms with E-state index in [1.54, 1.807) is 18.2 Å². The lowest BCUT2D eigenvalue weighted by Gasteiger charge is -2.05. The highest BCUT2D eigenvalue weighted by Gasteiger charge is 2.13. The molecule has 0 aliphatic heterocycles. The Kier molecular flexibility index (Phi) is 5.92. The molecule has 3 aromatic rings. The summed E-state index contributed by atoms with van der Waals surface area (Å²) in [6.07, 6.45) is 0. The lowest BCUT2D eigenvalue weighted by atomic mass is 10.2. The van der Waals surface area contributed by atoms with Crippen molar-refractivity contribution in [1.82, 2.24) is 15.2 Å². The molecule has 2 aromatic carbocycles. The first-order chi connectivity index (χ1) is 13.0. The van der Waals surface area contributed by atoms with E-state index >= 15 is 0 Å². The molecule has 0 radical (unpaired) electrons. The van der Waals surface area contributed by atoms with E-state index in [4.69, 9.17) is 16.3 Å². The molecule has 0 spiro atoms. The van der Waals surface area contributed by atoms with Crippen molar-refractivity contribution in [2.75, 3.05) is 18.2 Å². The standard InChI is InChI=1S/C17H13ClF2N4O2S/c1-26-14-5-2-9(18)6-11(14)16-22-17(24-23-16)27-8-15(25)21-10-3-4-12(19)13(20)7-10/h2-7H,8H2,1H3,(H,21,25)(H,22,23,24). The van der Waals surface area contributed by atoms with Gasteiger partial charge in [0.15, 0.2) is 17.5 Å². The van der Waals surface area contributed by atoms with Crippen molar-refractivity contribution in [2.45, 2.75) is 5.16 Å². The Labute approximate surface area is 162 Å². The van der Waals surface area contributed by atoms with Crippen LogP contribution in [0.1, 0.15) is 0 Å². The van der Waals surface area contributed by atoms with Gasteiger partial charge in [-0.1, -0.05) is 23.4 Å². The molecule has 1 heterocycles. The zero-order chi connectivity index (χ0) is 19.4. The van der Waals surface area contributed by atoms with Crippen molar-refractivity contribution >= 4 is 35.0 Å². The first-order valence-electron chi connectivity index (χ1n) is 7.60. The first-order valence-corrected chi connectivity index (χ1v) is 8.96. The fourth-order valence-electron chi connectivity index (χ4n) is 2.20. The number of rotatable bonds is 6. The Bertz CT molecular complexity index is 983. The minimum Gasteiger partial charge on any atom is -0.496 e. The summed E-state index contributed by atoms with van der Waals surface area (Å²) in [4.78, 5) is 16.3. The predicted molar refractivity (Wildman–Crippen MR) is 99.1 cm³/mol. The third-order valence-electron chi connectivity index (χ3n) is 3.42. The maximum absolute atomic E-state index is 13.2. The summed E-state index contributed by atoms with van der Waals surface area (Å²) < 4.78 is 31.3. The molecule has 0 fully saturated rings. The summed E-state index contributed by atoms with van der Waals surface area (Å²) in [7, 11) is 1.53. The van der Waals surface area contributed by atoms with Gasteiger partial charge in [0.1, 0.15) is 5.75 Å². The maximum Gasteiger partial charge on any atom is 0.234 e. The summed E-state index contributed by atoms with van der Waals surface area (Å²) in [5.41, 5.74) is 0.800. The van der Waals surface area contributed by atoms with Crippen LogP contribution in [0.15, 0.2) is 41.6 Å². The SMILES string of the molecule is COc1ccc(Cl)cc1-c1nc(SCC(=O)Nc2ccc(F)c(F)c2)n[nH]1. The number of thioether (sulfide) groups is 1. The van der Waals surface area contributed by atoms with E-state index in [0.29, 0.717) is 27.3 Å². The molecule has 1 amide bonds. The number of aromatic amines is 1. The summed E-state index contributed by atoms with van der Waals surface area (Å²) in [6, 6.07) is 8.22. The highest BCUT2D eigenvalue weighted by molar-refractivity contribution is 7.99. The highest BCUT2D eigenvalue weighted by Crippen LogP contribution is 2.31. The maximum atomic E-state index is 13.2. The minimum atomic E-state index is -1.03. The van der Waals surface area contributed by atoms with Gasteiger partial charge < -0.3 is 10.1 Å². The number of carbonyl (C=O) groups excluding carboxylic acids is 1. The molecule has 0 saturated heterocycles. The summed E-state index contributed by atoms with van der Waals surface area (Å²) >= 11 is 7.09. The molecule has 6 nitrogen and oxygen atoms in total. The number of aromatic nitrogens is 3. The van der Waals surface area contributed by atoms with E-state index in [1.165, 1.54) is 13.2 Å². The molecule has 0 aliphatic carbocycles. The second kappa shape index (κ2) is 8.36. The normalized spacial score (nSPS) is 10.7. The third kappa shape index (κ3) is 4.75. The van der Waals surface area contributed by atoms with E-state index in [1.807, 2.05) is 0 Å². The largest absolute Gasteiger partial charge is 0.496 e. The van der Waals surface area contributed by atoms with E-state index in [-0.39, 0.29) is 11.4 Å². The Morgan fingerprint density at radius 3 is 2.81 bits per heavy atom. The molecular formula is C17H13ClF2N4O2S. The van der Waals surface area contributed by atoms with Gasteiger partial charge in [0.25, 0.3) is 0 Å². The van der Waals surface area contributed by atoms with Crippen LogP contribution in [-0.4, -0.2) is 34.0 Å². The molecule has 0 aliphatic rings. The minimum absolute atomic E-state index is 0.0109. The molecule has 1 aromatic heterocycles. The number of hydrogen-bond donors (Lipinski definition) is 2. The van der Waals surface area contributed by atoms with E-state index < -0.39 is 17.5 Å².